The molecule has 0 atom stereocenters. The zero-order valence-electron chi connectivity index (χ0n) is 28.0. The summed E-state index contributed by atoms with van der Waals surface area (Å²) < 4.78 is 5.54. The van der Waals surface area contributed by atoms with Crippen LogP contribution in [0.3, 0.4) is 0 Å². The van der Waals surface area contributed by atoms with Crippen molar-refractivity contribution in [2.45, 2.75) is 19.9 Å². The third-order valence-electron chi connectivity index (χ3n) is 9.13. The number of likely N-dealkylation sites (N-methyl/N-ethyl adjacent to an activating group) is 1. The first-order chi connectivity index (χ1) is 23.8. The lowest BCUT2D eigenvalue weighted by molar-refractivity contribution is 0.0643. The van der Waals surface area contributed by atoms with Gasteiger partial charge in [0.25, 0.3) is 5.91 Å². The molecule has 0 bridgehead atoms. The molecule has 2 aromatic carbocycles. The van der Waals surface area contributed by atoms with Gasteiger partial charge >= 0.3 is 12.1 Å². The summed E-state index contributed by atoms with van der Waals surface area (Å²) in [7, 11) is 0. The Morgan fingerprint density at radius 1 is 0.735 bits per heavy atom. The molecule has 0 radical (unpaired) electrons. The van der Waals surface area contributed by atoms with Crippen LogP contribution < -0.4 is 21.3 Å². The summed E-state index contributed by atoms with van der Waals surface area (Å²) in [6, 6.07) is 13.5. The number of morpholine rings is 1. The fourth-order valence-electron chi connectivity index (χ4n) is 6.20. The summed E-state index contributed by atoms with van der Waals surface area (Å²) in [6.07, 6.45) is 0.821. The number of benzene rings is 2. The van der Waals surface area contributed by atoms with Crippen molar-refractivity contribution in [1.82, 2.24) is 34.6 Å². The Bertz CT molecular complexity index is 1590. The van der Waals surface area contributed by atoms with E-state index >= 15 is 0 Å². The van der Waals surface area contributed by atoms with Crippen molar-refractivity contribution in [3.8, 4) is 11.4 Å². The standard InChI is InChI=1S/C34H45N11O4/c1-2-41-14-17-43(18-15-41)31(46)26-6-10-28(11-7-26)37-34(48)36-27-8-4-25(5-9-27)30-38-29(39-33(40-30)45-20-22-49-23-21-45)24-42-12-3-13-44(19-16-42)32(35)47/h4-11H,2-3,12-24H2,1H3,(H2,35,47)(H2,36,37,48). The summed E-state index contributed by atoms with van der Waals surface area (Å²) in [5.74, 6) is 1.79. The summed E-state index contributed by atoms with van der Waals surface area (Å²) in [5.41, 5.74) is 8.09. The highest BCUT2D eigenvalue weighted by Crippen LogP contribution is 2.22. The molecule has 15 heteroatoms. The monoisotopic (exact) mass is 671 g/mol. The molecular formula is C34H45N11O4. The average molecular weight is 672 g/mol. The second-order valence-electron chi connectivity index (χ2n) is 12.4. The highest BCUT2D eigenvalue weighted by atomic mass is 16.5. The van der Waals surface area contributed by atoms with Crippen LogP contribution in [0.5, 0.6) is 0 Å². The number of rotatable bonds is 8. The van der Waals surface area contributed by atoms with Crippen LogP contribution in [0.15, 0.2) is 48.5 Å². The first kappa shape index (κ1) is 34.0. The van der Waals surface area contributed by atoms with Gasteiger partial charge in [0.1, 0.15) is 5.82 Å². The lowest BCUT2D eigenvalue weighted by atomic mass is 10.1. The minimum absolute atomic E-state index is 0.00713. The van der Waals surface area contributed by atoms with Crippen LogP contribution in [-0.4, -0.2) is 138 Å². The van der Waals surface area contributed by atoms with Gasteiger partial charge in [-0.25, -0.2) is 14.6 Å². The number of anilines is 3. The maximum absolute atomic E-state index is 12.9. The van der Waals surface area contributed by atoms with Gasteiger partial charge in [-0.05, 0) is 61.5 Å². The molecule has 4 N–H and O–H groups in total. The maximum atomic E-state index is 12.9. The third-order valence-corrected chi connectivity index (χ3v) is 9.13. The van der Waals surface area contributed by atoms with Crippen molar-refractivity contribution in [3.05, 3.63) is 59.9 Å². The number of aromatic nitrogens is 3. The smallest absolute Gasteiger partial charge is 0.323 e. The molecular weight excluding hydrogens is 626 g/mol. The molecule has 3 aliphatic heterocycles. The number of amides is 5. The molecule has 3 aromatic rings. The zero-order valence-corrected chi connectivity index (χ0v) is 28.0. The van der Waals surface area contributed by atoms with Gasteiger partial charge in [-0.1, -0.05) is 6.92 Å². The number of piperazine rings is 1. The molecule has 0 aliphatic carbocycles. The van der Waals surface area contributed by atoms with E-state index in [9.17, 15) is 14.4 Å². The second-order valence-corrected chi connectivity index (χ2v) is 12.4. The third kappa shape index (κ3) is 8.99. The second kappa shape index (κ2) is 16.0. The van der Waals surface area contributed by atoms with E-state index in [4.69, 9.17) is 25.4 Å². The van der Waals surface area contributed by atoms with Crippen molar-refractivity contribution in [2.75, 3.05) is 101 Å². The Labute approximate surface area is 286 Å². The fourth-order valence-corrected chi connectivity index (χ4v) is 6.20. The van der Waals surface area contributed by atoms with Crippen LogP contribution in [0.25, 0.3) is 11.4 Å². The van der Waals surface area contributed by atoms with Gasteiger partial charge in [0.15, 0.2) is 5.82 Å². The Morgan fingerprint density at radius 2 is 1.37 bits per heavy atom. The van der Waals surface area contributed by atoms with Crippen LogP contribution in [-0.2, 0) is 11.3 Å². The first-order valence-electron chi connectivity index (χ1n) is 17.0. The number of hydrogen-bond donors (Lipinski definition) is 3. The topological polar surface area (TPSA) is 165 Å². The molecule has 5 amide bonds. The SMILES string of the molecule is CCN1CCN(C(=O)c2ccc(NC(=O)Nc3ccc(-c4nc(CN5CCCN(C(N)=O)CC5)nc(N5CCOCC5)n4)cc3)cc2)CC1. The number of nitrogens with one attached hydrogen (secondary N) is 2. The number of urea groups is 2. The van der Waals surface area contributed by atoms with Gasteiger partial charge < -0.3 is 40.7 Å². The Hall–Kier alpha value is -4.86. The molecule has 0 spiro atoms. The van der Waals surface area contributed by atoms with Crippen LogP contribution in [0.2, 0.25) is 0 Å². The quantitative estimate of drug-likeness (QED) is 0.324. The highest BCUT2D eigenvalue weighted by Gasteiger charge is 2.23. The predicted molar refractivity (Wildman–Crippen MR) is 186 cm³/mol. The van der Waals surface area contributed by atoms with Crippen molar-refractivity contribution in [3.63, 3.8) is 0 Å². The molecule has 6 rings (SSSR count). The van der Waals surface area contributed by atoms with Crippen LogP contribution in [0, 0.1) is 0 Å². The molecule has 3 fully saturated rings. The lowest BCUT2D eigenvalue weighted by Gasteiger charge is -2.34. The Kier molecular flexibility index (Phi) is 11.1. The first-order valence-corrected chi connectivity index (χ1v) is 17.0. The van der Waals surface area contributed by atoms with Gasteiger partial charge in [-0.15, -0.1) is 0 Å². The molecule has 15 nitrogen and oxygen atoms in total. The molecule has 49 heavy (non-hydrogen) atoms. The van der Waals surface area contributed by atoms with Gasteiger partial charge in [0, 0.05) is 87.9 Å². The highest BCUT2D eigenvalue weighted by molar-refractivity contribution is 6.00. The Morgan fingerprint density at radius 3 is 2.02 bits per heavy atom. The molecule has 1 aromatic heterocycles. The van der Waals surface area contributed by atoms with Gasteiger partial charge in [0.05, 0.1) is 19.8 Å². The molecule has 4 heterocycles. The average Bonchev–Trinajstić information content (AvgIpc) is 3.38. The zero-order chi connectivity index (χ0) is 34.2. The Balaban J connectivity index is 1.08. The summed E-state index contributed by atoms with van der Waals surface area (Å²) in [6.45, 7) is 12.1. The number of nitrogens with two attached hydrogens (primary N) is 1. The summed E-state index contributed by atoms with van der Waals surface area (Å²) in [4.78, 5) is 62.1. The van der Waals surface area contributed by atoms with Gasteiger partial charge in [0.2, 0.25) is 5.95 Å². The minimum atomic E-state index is -0.396. The lowest BCUT2D eigenvalue weighted by Crippen LogP contribution is -2.48. The molecule has 0 unspecified atom stereocenters. The fraction of sp³-hybridized carbons (Fsp3) is 0.471. The number of carbonyl (C=O) groups is 3. The van der Waals surface area contributed by atoms with Crippen molar-refractivity contribution in [1.29, 1.82) is 0 Å². The van der Waals surface area contributed by atoms with Gasteiger partial charge in [-0.3, -0.25) is 9.69 Å². The molecule has 0 saturated carbocycles. The molecule has 3 saturated heterocycles. The van der Waals surface area contributed by atoms with E-state index in [1.54, 1.807) is 41.3 Å². The predicted octanol–water partition coefficient (Wildman–Crippen LogP) is 2.38. The van der Waals surface area contributed by atoms with Crippen LogP contribution >= 0.6 is 0 Å². The van der Waals surface area contributed by atoms with Crippen molar-refractivity contribution >= 4 is 35.3 Å². The van der Waals surface area contributed by atoms with E-state index in [-0.39, 0.29) is 5.91 Å². The van der Waals surface area contributed by atoms with E-state index in [2.05, 4.69) is 32.3 Å². The number of ether oxygens (including phenoxy) is 1. The van der Waals surface area contributed by atoms with E-state index in [1.165, 1.54) is 0 Å². The van der Waals surface area contributed by atoms with E-state index in [0.717, 1.165) is 38.2 Å². The summed E-state index contributed by atoms with van der Waals surface area (Å²) in [5, 5.41) is 5.70. The van der Waals surface area contributed by atoms with Crippen LogP contribution in [0.1, 0.15) is 29.5 Å². The van der Waals surface area contributed by atoms with Crippen molar-refractivity contribution in [2.24, 2.45) is 5.73 Å². The maximum Gasteiger partial charge on any atom is 0.323 e. The number of carbonyl (C=O) groups excluding carboxylic acids is 3. The minimum Gasteiger partial charge on any atom is -0.378 e. The molecule has 260 valence electrons. The summed E-state index contributed by atoms with van der Waals surface area (Å²) >= 11 is 0. The normalized spacial score (nSPS) is 17.8. The van der Waals surface area contributed by atoms with Crippen molar-refractivity contribution < 1.29 is 19.1 Å². The largest absolute Gasteiger partial charge is 0.378 e. The number of hydrogen-bond acceptors (Lipinski definition) is 10. The van der Waals surface area contributed by atoms with Gasteiger partial charge in [-0.2, -0.15) is 9.97 Å². The molecule has 3 aliphatic rings. The number of primary amides is 1. The van der Waals surface area contributed by atoms with E-state index in [0.29, 0.717) is 100 Å². The van der Waals surface area contributed by atoms with E-state index < -0.39 is 12.1 Å². The van der Waals surface area contributed by atoms with Crippen LogP contribution in [0.4, 0.5) is 26.9 Å². The number of nitrogens with zero attached hydrogens (tertiary/aromatic N) is 8. The van der Waals surface area contributed by atoms with E-state index in [1.807, 2.05) is 17.0 Å².